The van der Waals surface area contributed by atoms with E-state index in [0.29, 0.717) is 0 Å². The number of aliphatic hydroxyl groups is 1. The molecule has 13 heavy (non-hydrogen) atoms. The predicted octanol–water partition coefficient (Wildman–Crippen LogP) is 1.11. The first kappa shape index (κ1) is 9.00. The fourth-order valence-corrected chi connectivity index (χ4v) is 2.99. The monoisotopic (exact) mass is 184 g/mol. The summed E-state index contributed by atoms with van der Waals surface area (Å²) < 4.78 is 0. The van der Waals surface area contributed by atoms with E-state index >= 15 is 0 Å². The molecule has 2 unspecified atom stereocenters. The van der Waals surface area contributed by atoms with Crippen LogP contribution in [0.5, 0.6) is 0 Å². The molecule has 0 spiro atoms. The molecule has 0 radical (unpaired) electrons. The summed E-state index contributed by atoms with van der Waals surface area (Å²) in [5.74, 6) is -0.531. The van der Waals surface area contributed by atoms with E-state index in [1.54, 1.807) is 0 Å². The number of fused-ring (bicyclic) bond motifs is 1. The molecule has 4 atom stereocenters. The summed E-state index contributed by atoms with van der Waals surface area (Å²) in [6.07, 6.45) is 1.67. The van der Waals surface area contributed by atoms with Gasteiger partial charge >= 0.3 is 5.97 Å². The molecule has 3 heteroatoms. The molecule has 2 rings (SSSR count). The molecule has 2 saturated carbocycles. The first-order valence-corrected chi connectivity index (χ1v) is 4.93. The van der Waals surface area contributed by atoms with E-state index in [-0.39, 0.29) is 23.7 Å². The zero-order valence-electron chi connectivity index (χ0n) is 8.03. The molecule has 0 aromatic rings. The van der Waals surface area contributed by atoms with Crippen LogP contribution in [0.1, 0.15) is 26.7 Å². The Morgan fingerprint density at radius 3 is 2.54 bits per heavy atom. The van der Waals surface area contributed by atoms with Crippen LogP contribution in [0.4, 0.5) is 0 Å². The van der Waals surface area contributed by atoms with Crippen molar-refractivity contribution in [1.82, 2.24) is 0 Å². The number of aliphatic carboxylic acids is 1. The van der Waals surface area contributed by atoms with E-state index in [0.717, 1.165) is 12.8 Å². The van der Waals surface area contributed by atoms with Gasteiger partial charge in [-0.15, -0.1) is 0 Å². The highest BCUT2D eigenvalue weighted by Crippen LogP contribution is 2.64. The third-order valence-corrected chi connectivity index (χ3v) is 3.91. The second kappa shape index (κ2) is 2.47. The first-order valence-electron chi connectivity index (χ1n) is 4.93. The van der Waals surface area contributed by atoms with Gasteiger partial charge in [0.1, 0.15) is 0 Å². The van der Waals surface area contributed by atoms with Gasteiger partial charge in [-0.3, -0.25) is 4.79 Å². The van der Waals surface area contributed by atoms with Gasteiger partial charge in [-0.25, -0.2) is 0 Å². The molecule has 0 saturated heterocycles. The second-order valence-electron chi connectivity index (χ2n) is 4.74. The lowest BCUT2D eigenvalue weighted by Crippen LogP contribution is -2.37. The molecule has 2 fully saturated rings. The van der Waals surface area contributed by atoms with Crippen LogP contribution in [0.2, 0.25) is 0 Å². The number of carboxylic acid groups (broad SMARTS) is 1. The minimum atomic E-state index is -0.728. The van der Waals surface area contributed by atoms with Crippen molar-refractivity contribution in [1.29, 1.82) is 0 Å². The Hall–Kier alpha value is -0.570. The maximum absolute atomic E-state index is 10.8. The highest BCUT2D eigenvalue weighted by Gasteiger charge is 2.68. The molecule has 3 nitrogen and oxygen atoms in total. The Morgan fingerprint density at radius 2 is 2.15 bits per heavy atom. The van der Waals surface area contributed by atoms with Crippen molar-refractivity contribution < 1.29 is 15.0 Å². The van der Waals surface area contributed by atoms with Gasteiger partial charge in [0, 0.05) is 5.92 Å². The summed E-state index contributed by atoms with van der Waals surface area (Å²) in [5, 5.41) is 19.1. The summed E-state index contributed by atoms with van der Waals surface area (Å²) in [7, 11) is 0. The quantitative estimate of drug-likeness (QED) is 0.676. The Kier molecular flexibility index (Phi) is 1.71. The van der Waals surface area contributed by atoms with Crippen molar-refractivity contribution >= 4 is 5.97 Å². The van der Waals surface area contributed by atoms with E-state index < -0.39 is 11.6 Å². The zero-order chi connectivity index (χ0) is 9.80. The lowest BCUT2D eigenvalue weighted by molar-refractivity contribution is -0.141. The van der Waals surface area contributed by atoms with E-state index in [4.69, 9.17) is 5.11 Å². The van der Waals surface area contributed by atoms with Crippen LogP contribution in [0, 0.1) is 23.7 Å². The Labute approximate surface area is 77.8 Å². The van der Waals surface area contributed by atoms with Crippen molar-refractivity contribution in [3.05, 3.63) is 0 Å². The standard InChI is InChI=1S/C10H16O3/c1-5(2)10(13)4-3-6-7(8(6)10)9(11)12/h5-8,13H,3-4H2,1-2H3,(H,11,12)/t6-,7?,8-,10?/m0/s1. The van der Waals surface area contributed by atoms with Crippen molar-refractivity contribution in [2.45, 2.75) is 32.3 Å². The number of carboxylic acids is 1. The van der Waals surface area contributed by atoms with E-state index in [1.807, 2.05) is 13.8 Å². The third-order valence-electron chi connectivity index (χ3n) is 3.91. The predicted molar refractivity (Wildman–Crippen MR) is 47.1 cm³/mol. The highest BCUT2D eigenvalue weighted by atomic mass is 16.4. The largest absolute Gasteiger partial charge is 0.481 e. The van der Waals surface area contributed by atoms with Crippen LogP contribution in [0.15, 0.2) is 0 Å². The van der Waals surface area contributed by atoms with Crippen LogP contribution in [0.25, 0.3) is 0 Å². The molecule has 0 bridgehead atoms. The Morgan fingerprint density at radius 1 is 1.54 bits per heavy atom. The SMILES string of the molecule is CC(C)C1(O)CC[C@H]2C(C(=O)O)[C@H]21. The smallest absolute Gasteiger partial charge is 0.307 e. The molecule has 0 heterocycles. The minimum Gasteiger partial charge on any atom is -0.481 e. The van der Waals surface area contributed by atoms with Crippen LogP contribution in [0.3, 0.4) is 0 Å². The molecule has 2 aliphatic carbocycles. The van der Waals surface area contributed by atoms with E-state index in [2.05, 4.69) is 0 Å². The summed E-state index contributed by atoms with van der Waals surface area (Å²) in [6.45, 7) is 3.94. The third kappa shape index (κ3) is 1.03. The Balaban J connectivity index is 2.15. The normalized spacial score (nSPS) is 47.8. The average Bonchev–Trinajstić information content (AvgIpc) is 2.66. The van der Waals surface area contributed by atoms with Crippen molar-refractivity contribution in [3.8, 4) is 0 Å². The first-order chi connectivity index (χ1) is 5.98. The molecule has 74 valence electrons. The molecular weight excluding hydrogens is 168 g/mol. The van der Waals surface area contributed by atoms with E-state index in [1.165, 1.54) is 0 Å². The average molecular weight is 184 g/mol. The lowest BCUT2D eigenvalue weighted by atomic mass is 9.84. The van der Waals surface area contributed by atoms with Gasteiger partial charge in [0.05, 0.1) is 11.5 Å². The summed E-state index contributed by atoms with van der Waals surface area (Å²) in [6, 6.07) is 0. The highest BCUT2D eigenvalue weighted by molar-refractivity contribution is 5.75. The van der Waals surface area contributed by atoms with Gasteiger partial charge < -0.3 is 10.2 Å². The minimum absolute atomic E-state index is 0.0324. The fraction of sp³-hybridized carbons (Fsp3) is 0.900. The second-order valence-corrected chi connectivity index (χ2v) is 4.74. The number of hydrogen-bond acceptors (Lipinski definition) is 2. The lowest BCUT2D eigenvalue weighted by Gasteiger charge is -2.29. The van der Waals surface area contributed by atoms with Crippen LogP contribution >= 0.6 is 0 Å². The number of carbonyl (C=O) groups is 1. The van der Waals surface area contributed by atoms with Crippen LogP contribution in [-0.2, 0) is 4.79 Å². The molecule has 0 aliphatic heterocycles. The molecule has 2 aliphatic rings. The van der Waals surface area contributed by atoms with Crippen LogP contribution in [-0.4, -0.2) is 21.8 Å². The topological polar surface area (TPSA) is 57.5 Å². The van der Waals surface area contributed by atoms with Gasteiger partial charge in [-0.1, -0.05) is 13.8 Å². The van der Waals surface area contributed by atoms with Gasteiger partial charge in [0.25, 0.3) is 0 Å². The van der Waals surface area contributed by atoms with E-state index in [9.17, 15) is 9.90 Å². The molecule has 2 N–H and O–H groups in total. The molecule has 0 aromatic carbocycles. The molecule has 0 aromatic heterocycles. The van der Waals surface area contributed by atoms with Gasteiger partial charge in [-0.2, -0.15) is 0 Å². The zero-order valence-corrected chi connectivity index (χ0v) is 8.03. The van der Waals surface area contributed by atoms with Crippen molar-refractivity contribution in [2.75, 3.05) is 0 Å². The fourth-order valence-electron chi connectivity index (χ4n) is 2.99. The van der Waals surface area contributed by atoms with Gasteiger partial charge in [0.15, 0.2) is 0 Å². The number of rotatable bonds is 2. The summed E-state index contributed by atoms with van der Waals surface area (Å²) in [5.41, 5.74) is -0.701. The Bertz CT molecular complexity index is 249. The maximum Gasteiger partial charge on any atom is 0.307 e. The molecular formula is C10H16O3. The van der Waals surface area contributed by atoms with Crippen LogP contribution < -0.4 is 0 Å². The van der Waals surface area contributed by atoms with Crippen molar-refractivity contribution in [2.24, 2.45) is 23.7 Å². The van der Waals surface area contributed by atoms with Gasteiger partial charge in [0.2, 0.25) is 0 Å². The van der Waals surface area contributed by atoms with Crippen molar-refractivity contribution in [3.63, 3.8) is 0 Å². The maximum atomic E-state index is 10.8. The number of hydrogen-bond donors (Lipinski definition) is 2. The summed E-state index contributed by atoms with van der Waals surface area (Å²) >= 11 is 0. The van der Waals surface area contributed by atoms with Gasteiger partial charge in [-0.05, 0) is 24.7 Å². The summed E-state index contributed by atoms with van der Waals surface area (Å²) in [4.78, 5) is 10.8. The molecule has 0 amide bonds.